The summed E-state index contributed by atoms with van der Waals surface area (Å²) in [5.41, 5.74) is 9.94. The number of Topliss-reactive ketones (excluding diaryl/α,β-unsaturated/α-hetero) is 1. The Morgan fingerprint density at radius 1 is 0.849 bits per heavy atom. The molecule has 0 bridgehead atoms. The molecule has 0 aliphatic heterocycles. The van der Waals surface area contributed by atoms with Gasteiger partial charge in [0.1, 0.15) is 11.6 Å². The largest absolute Gasteiger partial charge is 0.668 e. The number of phenols is 3. The van der Waals surface area contributed by atoms with Crippen molar-refractivity contribution in [2.75, 3.05) is 20.0 Å². The highest BCUT2D eigenvalue weighted by molar-refractivity contribution is 5.84. The second-order valence-corrected chi connectivity index (χ2v) is 14.1. The highest BCUT2D eigenvalue weighted by atomic mass is 16.5. The number of methoxy groups -OCH3 is 2. The highest BCUT2D eigenvalue weighted by Gasteiger charge is 2.58. The summed E-state index contributed by atoms with van der Waals surface area (Å²) in [5, 5.41) is 43.5. The Morgan fingerprint density at radius 2 is 1.58 bits per heavy atom. The van der Waals surface area contributed by atoms with Crippen molar-refractivity contribution in [1.29, 1.82) is 0 Å². The summed E-state index contributed by atoms with van der Waals surface area (Å²) >= 11 is 0. The molecule has 5 unspecified atom stereocenters. The molecule has 6 rings (SSSR count). The normalized spacial score (nSPS) is 19.5. The summed E-state index contributed by atoms with van der Waals surface area (Å²) in [6, 6.07) is 26.2. The van der Waals surface area contributed by atoms with Crippen molar-refractivity contribution in [1.82, 2.24) is 9.97 Å². The van der Waals surface area contributed by atoms with Gasteiger partial charge in [-0.05, 0) is 115 Å². The number of carbonyl (C=O) groups excluding carboxylic acids is 1. The summed E-state index contributed by atoms with van der Waals surface area (Å²) in [6.07, 6.45) is 6.30. The Balaban J connectivity index is 1.48. The lowest BCUT2D eigenvalue weighted by Gasteiger charge is -2.49. The van der Waals surface area contributed by atoms with Crippen molar-refractivity contribution in [3.05, 3.63) is 125 Å². The van der Waals surface area contributed by atoms with Gasteiger partial charge in [0.15, 0.2) is 23.0 Å². The maximum Gasteiger partial charge on any atom is 0.200 e. The Kier molecular flexibility index (Phi) is 11.6. The number of hydrogen-bond donors (Lipinski definition) is 5. The predicted molar refractivity (Wildman–Crippen MR) is 202 cm³/mol. The number of ketones is 1. The number of phenolic OH excluding ortho intramolecular Hbond substituents is 3. The second kappa shape index (κ2) is 16.5. The highest BCUT2D eigenvalue weighted by Crippen LogP contribution is 2.58. The molecule has 53 heavy (non-hydrogen) atoms. The van der Waals surface area contributed by atoms with Gasteiger partial charge in [-0.1, -0.05) is 48.5 Å². The minimum atomic E-state index is -1.08. The summed E-state index contributed by atoms with van der Waals surface area (Å²) in [5.74, 6) is -1.03. The van der Waals surface area contributed by atoms with E-state index in [9.17, 15) is 20.4 Å². The van der Waals surface area contributed by atoms with E-state index in [1.807, 2.05) is 42.5 Å². The molecule has 2 aromatic heterocycles. The monoisotopic (exact) mass is 718 g/mol. The van der Waals surface area contributed by atoms with Crippen LogP contribution in [-0.4, -0.2) is 51.5 Å². The van der Waals surface area contributed by atoms with Crippen LogP contribution in [0.25, 0.3) is 0 Å². The van der Waals surface area contributed by atoms with Crippen molar-refractivity contribution in [3.8, 4) is 28.7 Å². The van der Waals surface area contributed by atoms with Gasteiger partial charge < -0.3 is 40.6 Å². The van der Waals surface area contributed by atoms with Gasteiger partial charge in [0.25, 0.3) is 0 Å². The Labute approximate surface area is 310 Å². The van der Waals surface area contributed by atoms with Gasteiger partial charge in [0.2, 0.25) is 5.75 Å². The number of nitrogen functional groups attached to an aromatic ring is 1. The van der Waals surface area contributed by atoms with Gasteiger partial charge in [-0.2, -0.15) is 11.9 Å². The number of ether oxygens (including phenoxy) is 2. The van der Waals surface area contributed by atoms with Crippen LogP contribution in [0.3, 0.4) is 0 Å². The van der Waals surface area contributed by atoms with E-state index in [1.54, 1.807) is 36.7 Å². The van der Waals surface area contributed by atoms with E-state index < -0.39 is 17.4 Å². The van der Waals surface area contributed by atoms with Gasteiger partial charge in [0.05, 0.1) is 26.2 Å². The number of hydrogen-bond acceptors (Lipinski definition) is 9. The first-order chi connectivity index (χ1) is 25.6. The number of carbonyl (C=O) groups is 1. The first-order valence-electron chi connectivity index (χ1n) is 18.1. The van der Waals surface area contributed by atoms with Crippen molar-refractivity contribution in [2.45, 2.75) is 62.9 Å². The van der Waals surface area contributed by atoms with E-state index in [1.165, 1.54) is 20.3 Å². The zero-order chi connectivity index (χ0) is 37.5. The van der Waals surface area contributed by atoms with E-state index in [0.717, 1.165) is 35.2 Å². The van der Waals surface area contributed by atoms with Crippen LogP contribution >= 0.6 is 0 Å². The molecular formula is C43H48N3O7-. The Hall–Kier alpha value is -5.48. The lowest BCUT2D eigenvalue weighted by atomic mass is 9.54. The quantitative estimate of drug-likeness (QED) is 0.0729. The second-order valence-electron chi connectivity index (χ2n) is 14.1. The maximum absolute atomic E-state index is 15.2. The number of aliphatic hydroxyl groups excluding tert-OH is 1. The lowest BCUT2D eigenvalue weighted by molar-refractivity contribution is -0.133. The average Bonchev–Trinajstić information content (AvgIpc) is 3.80. The van der Waals surface area contributed by atoms with Crippen LogP contribution < -0.4 is 20.2 Å². The Morgan fingerprint density at radius 3 is 2.28 bits per heavy atom. The molecule has 2 heterocycles. The first-order valence-corrected chi connectivity index (χ1v) is 18.1. The molecule has 10 heteroatoms. The van der Waals surface area contributed by atoms with Gasteiger partial charge in [-0.3, -0.25) is 4.79 Å². The van der Waals surface area contributed by atoms with Crippen LogP contribution in [0.2, 0.25) is 0 Å². The van der Waals surface area contributed by atoms with E-state index >= 15 is 4.79 Å². The molecule has 1 aliphatic rings. The average molecular weight is 719 g/mol. The van der Waals surface area contributed by atoms with E-state index in [2.05, 4.69) is 22.1 Å². The van der Waals surface area contributed by atoms with Crippen molar-refractivity contribution in [2.24, 2.45) is 17.8 Å². The summed E-state index contributed by atoms with van der Waals surface area (Å²) in [6.45, 7) is 0. The number of rotatable bonds is 16. The van der Waals surface area contributed by atoms with Crippen molar-refractivity contribution >= 4 is 11.6 Å². The number of nitrogens with zero attached hydrogens (tertiary/aromatic N) is 2. The smallest absolute Gasteiger partial charge is 0.200 e. The number of anilines is 1. The molecule has 5 atom stereocenters. The van der Waals surface area contributed by atoms with E-state index in [-0.39, 0.29) is 59.9 Å². The number of aliphatic hydroxyl groups is 1. The SMILES string of the molecule is COc1cc(CCC(O)C(C(=O)CCc2cc(O)c(O)c(OC)c2)C2(c3ccnc(N)c3)C(Cc3ccccc3)CCC2Cc2ccc[n-]2)ccc1O. The van der Waals surface area contributed by atoms with Crippen LogP contribution in [0.15, 0.2) is 97.3 Å². The number of aromatic nitrogens is 2. The summed E-state index contributed by atoms with van der Waals surface area (Å²) < 4.78 is 10.6. The number of pyridine rings is 1. The fourth-order valence-electron chi connectivity index (χ4n) is 8.77. The van der Waals surface area contributed by atoms with Crippen LogP contribution in [0.5, 0.6) is 28.7 Å². The zero-order valence-electron chi connectivity index (χ0n) is 30.2. The molecule has 0 radical (unpaired) electrons. The first kappa shape index (κ1) is 37.3. The van der Waals surface area contributed by atoms with E-state index in [0.29, 0.717) is 36.4 Å². The fraction of sp³-hybridized carbons (Fsp3) is 0.349. The van der Waals surface area contributed by atoms with E-state index in [4.69, 9.17) is 15.2 Å². The Bertz CT molecular complexity index is 1980. The van der Waals surface area contributed by atoms with Gasteiger partial charge in [-0.25, -0.2) is 4.98 Å². The molecule has 0 amide bonds. The molecule has 1 aliphatic carbocycles. The molecule has 5 aromatic rings. The van der Waals surface area contributed by atoms with Crippen LogP contribution in [0, 0.1) is 17.8 Å². The minimum Gasteiger partial charge on any atom is -0.668 e. The number of benzene rings is 3. The molecule has 3 aromatic carbocycles. The van der Waals surface area contributed by atoms with Crippen molar-refractivity contribution < 1.29 is 34.7 Å². The number of nitrogens with two attached hydrogens (primary N) is 1. The third-order valence-electron chi connectivity index (χ3n) is 11.1. The van der Waals surface area contributed by atoms with Gasteiger partial charge >= 0.3 is 0 Å². The molecule has 0 spiro atoms. The van der Waals surface area contributed by atoms with Gasteiger partial charge in [0, 0.05) is 18.0 Å². The third kappa shape index (κ3) is 7.98. The lowest BCUT2D eigenvalue weighted by Crippen LogP contribution is -2.53. The van der Waals surface area contributed by atoms with Crippen LogP contribution in [0.4, 0.5) is 5.82 Å². The molecule has 1 fully saturated rings. The van der Waals surface area contributed by atoms with Crippen molar-refractivity contribution in [3.63, 3.8) is 0 Å². The summed E-state index contributed by atoms with van der Waals surface area (Å²) in [4.78, 5) is 24.2. The molecule has 6 N–H and O–H groups in total. The number of aromatic hydroxyl groups is 3. The van der Waals surface area contributed by atoms with Crippen LogP contribution in [-0.2, 0) is 35.9 Å². The van der Waals surface area contributed by atoms with Gasteiger partial charge in [-0.15, -0.1) is 0 Å². The topological polar surface area (TPSA) is 169 Å². The van der Waals surface area contributed by atoms with Crippen LogP contribution in [0.1, 0.15) is 53.6 Å². The maximum atomic E-state index is 15.2. The fourth-order valence-corrected chi connectivity index (χ4v) is 8.77. The third-order valence-corrected chi connectivity index (χ3v) is 11.1. The molecule has 278 valence electrons. The molecule has 0 saturated heterocycles. The predicted octanol–water partition coefficient (Wildman–Crippen LogP) is 6.32. The summed E-state index contributed by atoms with van der Waals surface area (Å²) in [7, 11) is 2.89. The molecule has 10 nitrogen and oxygen atoms in total. The molecular weight excluding hydrogens is 670 g/mol. The molecule has 1 saturated carbocycles. The minimum absolute atomic E-state index is 0.0228. The standard InChI is InChI=1S/C43H48N3O7/c1-52-38-23-28(10-15-34(38)47)11-16-35(48)41(36(49)17-12-29-22-37(50)42(51)39(24-29)53-2)43(32-18-20-46-40(44)26-32)30(21-27-7-4-3-5-8-27)13-14-31(43)25-33-9-6-19-45-33/h3-10,15,18-20,22-24,26,30-31,35,41,47-48,50-51H,11-14,16-17,21,25H2,1-2H3,(H2,44,46)/q-1. The number of aryl methyl sites for hydroxylation is 2. The zero-order valence-corrected chi connectivity index (χ0v) is 30.2.